The van der Waals surface area contributed by atoms with E-state index in [1.54, 1.807) is 6.20 Å². The van der Waals surface area contributed by atoms with Gasteiger partial charge in [-0.05, 0) is 25.1 Å². The summed E-state index contributed by atoms with van der Waals surface area (Å²) in [7, 11) is 0. The molecule has 0 aliphatic heterocycles. The third kappa shape index (κ3) is 1.18. The van der Waals surface area contributed by atoms with E-state index in [1.807, 2.05) is 42.0 Å². The molecule has 1 heterocycles. The van der Waals surface area contributed by atoms with E-state index in [4.69, 9.17) is 0 Å². The van der Waals surface area contributed by atoms with Crippen molar-refractivity contribution < 1.29 is 0 Å². The summed E-state index contributed by atoms with van der Waals surface area (Å²) in [6.07, 6.45) is 7.81. The molecule has 0 aromatic carbocycles. The van der Waals surface area contributed by atoms with Gasteiger partial charge in [0.2, 0.25) is 0 Å². The van der Waals surface area contributed by atoms with Crippen molar-refractivity contribution in [1.82, 2.24) is 4.57 Å². The van der Waals surface area contributed by atoms with Gasteiger partial charge in [-0.2, -0.15) is 0 Å². The minimum atomic E-state index is 1.16. The molecule has 0 unspecified atom stereocenters. The maximum atomic E-state index is 3.68. The van der Waals surface area contributed by atoms with Crippen molar-refractivity contribution in [2.75, 3.05) is 0 Å². The lowest BCUT2D eigenvalue weighted by Crippen LogP contribution is -1.83. The summed E-state index contributed by atoms with van der Waals surface area (Å²) in [5.41, 5.74) is 1.16. The van der Waals surface area contributed by atoms with Gasteiger partial charge in [-0.25, -0.2) is 0 Å². The Balaban J connectivity index is 3.00. The Morgan fingerprint density at radius 2 is 2.40 bits per heavy atom. The zero-order chi connectivity index (χ0) is 7.40. The molecule has 0 amide bonds. The molecular formula is C9H11N. The molecule has 0 atom stereocenters. The van der Waals surface area contributed by atoms with Crippen molar-refractivity contribution >= 4 is 12.3 Å². The van der Waals surface area contributed by atoms with Crippen LogP contribution in [0.5, 0.6) is 0 Å². The van der Waals surface area contributed by atoms with Gasteiger partial charge in [0.1, 0.15) is 0 Å². The Kier molecular flexibility index (Phi) is 2.11. The zero-order valence-electron chi connectivity index (χ0n) is 6.12. The monoisotopic (exact) mass is 133 g/mol. The van der Waals surface area contributed by atoms with Crippen LogP contribution >= 0.6 is 0 Å². The predicted octanol–water partition coefficient (Wildman–Crippen LogP) is 2.62. The highest BCUT2D eigenvalue weighted by molar-refractivity contribution is 5.48. The van der Waals surface area contributed by atoms with Crippen molar-refractivity contribution in [1.29, 1.82) is 0 Å². The van der Waals surface area contributed by atoms with Gasteiger partial charge in [0.25, 0.3) is 0 Å². The topological polar surface area (TPSA) is 4.93 Å². The first kappa shape index (κ1) is 6.87. The molecule has 10 heavy (non-hydrogen) atoms. The standard InChI is InChI=1S/C9H11N/c1-3-6-9-7-5-8-10(9)4-2/h3-8H,2H2,1H3. The van der Waals surface area contributed by atoms with E-state index in [-0.39, 0.29) is 0 Å². The van der Waals surface area contributed by atoms with Crippen LogP contribution in [0.15, 0.2) is 31.0 Å². The quantitative estimate of drug-likeness (QED) is 0.584. The second-order valence-electron chi connectivity index (χ2n) is 2.02. The van der Waals surface area contributed by atoms with Crippen LogP contribution in [0.3, 0.4) is 0 Å². The lowest BCUT2D eigenvalue weighted by atomic mass is 10.4. The fourth-order valence-electron chi connectivity index (χ4n) is 0.885. The smallest absolute Gasteiger partial charge is 0.0446 e. The van der Waals surface area contributed by atoms with Gasteiger partial charge < -0.3 is 4.57 Å². The van der Waals surface area contributed by atoms with Crippen LogP contribution in [0.25, 0.3) is 12.3 Å². The summed E-state index contributed by atoms with van der Waals surface area (Å²) in [5.74, 6) is 0. The van der Waals surface area contributed by atoms with Crippen molar-refractivity contribution in [2.24, 2.45) is 0 Å². The van der Waals surface area contributed by atoms with Crippen LogP contribution in [0.4, 0.5) is 0 Å². The first-order valence-corrected chi connectivity index (χ1v) is 3.30. The highest BCUT2D eigenvalue weighted by Gasteiger charge is 1.88. The molecule has 1 aromatic rings. The number of allylic oxidation sites excluding steroid dienone is 1. The number of hydrogen-bond donors (Lipinski definition) is 0. The average Bonchev–Trinajstić information content (AvgIpc) is 2.36. The van der Waals surface area contributed by atoms with Crippen LogP contribution in [-0.4, -0.2) is 4.57 Å². The molecule has 1 rings (SSSR count). The minimum absolute atomic E-state index is 1.16. The molecular weight excluding hydrogens is 122 g/mol. The second-order valence-corrected chi connectivity index (χ2v) is 2.02. The third-order valence-corrected chi connectivity index (χ3v) is 1.35. The lowest BCUT2D eigenvalue weighted by Gasteiger charge is -1.94. The maximum absolute atomic E-state index is 3.68. The van der Waals surface area contributed by atoms with Gasteiger partial charge in [0.15, 0.2) is 0 Å². The molecule has 0 bridgehead atoms. The highest BCUT2D eigenvalue weighted by atomic mass is 14.9. The zero-order valence-corrected chi connectivity index (χ0v) is 6.12. The molecule has 0 fully saturated rings. The summed E-state index contributed by atoms with van der Waals surface area (Å²) < 4.78 is 1.97. The van der Waals surface area contributed by atoms with Crippen LogP contribution in [0.2, 0.25) is 0 Å². The Bertz CT molecular complexity index is 243. The lowest BCUT2D eigenvalue weighted by molar-refractivity contribution is 1.15. The SMILES string of the molecule is C=Cn1cccc1C=CC. The largest absolute Gasteiger partial charge is 0.324 e. The fourth-order valence-corrected chi connectivity index (χ4v) is 0.885. The molecule has 1 nitrogen and oxygen atoms in total. The van der Waals surface area contributed by atoms with Crippen molar-refractivity contribution in [3.63, 3.8) is 0 Å². The molecule has 52 valence electrons. The van der Waals surface area contributed by atoms with Gasteiger partial charge in [0.05, 0.1) is 0 Å². The van der Waals surface area contributed by atoms with E-state index >= 15 is 0 Å². The molecule has 0 aliphatic carbocycles. The molecule has 1 heteroatoms. The molecule has 0 radical (unpaired) electrons. The number of hydrogen-bond acceptors (Lipinski definition) is 0. The highest BCUT2D eigenvalue weighted by Crippen LogP contribution is 2.03. The molecule has 0 spiro atoms. The number of aromatic nitrogens is 1. The number of rotatable bonds is 2. The van der Waals surface area contributed by atoms with Crippen LogP contribution in [0.1, 0.15) is 12.6 Å². The van der Waals surface area contributed by atoms with Gasteiger partial charge in [-0.3, -0.25) is 0 Å². The first-order valence-electron chi connectivity index (χ1n) is 3.30. The van der Waals surface area contributed by atoms with E-state index in [0.29, 0.717) is 0 Å². The van der Waals surface area contributed by atoms with Gasteiger partial charge in [0, 0.05) is 18.1 Å². The van der Waals surface area contributed by atoms with E-state index < -0.39 is 0 Å². The fraction of sp³-hybridized carbons (Fsp3) is 0.111. The van der Waals surface area contributed by atoms with Crippen LogP contribution in [0, 0.1) is 0 Å². The van der Waals surface area contributed by atoms with Gasteiger partial charge in [-0.1, -0.05) is 12.7 Å². The van der Waals surface area contributed by atoms with Gasteiger partial charge in [-0.15, -0.1) is 0 Å². The molecule has 0 N–H and O–H groups in total. The van der Waals surface area contributed by atoms with Crippen molar-refractivity contribution in [3.8, 4) is 0 Å². The van der Waals surface area contributed by atoms with Crippen molar-refractivity contribution in [3.05, 3.63) is 36.7 Å². The molecule has 1 aromatic heterocycles. The Morgan fingerprint density at radius 1 is 1.60 bits per heavy atom. The minimum Gasteiger partial charge on any atom is -0.324 e. The first-order chi connectivity index (χ1) is 4.88. The summed E-state index contributed by atoms with van der Waals surface area (Å²) in [6, 6.07) is 4.04. The number of nitrogens with zero attached hydrogens (tertiary/aromatic N) is 1. The van der Waals surface area contributed by atoms with Crippen LogP contribution < -0.4 is 0 Å². The summed E-state index contributed by atoms with van der Waals surface area (Å²) >= 11 is 0. The second kappa shape index (κ2) is 3.06. The normalized spacial score (nSPS) is 10.5. The Labute approximate surface area is 61.3 Å². The maximum Gasteiger partial charge on any atom is 0.0446 e. The van der Waals surface area contributed by atoms with Gasteiger partial charge >= 0.3 is 0 Å². The van der Waals surface area contributed by atoms with Crippen molar-refractivity contribution in [2.45, 2.75) is 6.92 Å². The van der Waals surface area contributed by atoms with E-state index in [2.05, 4.69) is 6.58 Å². The average molecular weight is 133 g/mol. The molecule has 0 saturated heterocycles. The molecule has 0 aliphatic rings. The van der Waals surface area contributed by atoms with E-state index in [9.17, 15) is 0 Å². The van der Waals surface area contributed by atoms with E-state index in [0.717, 1.165) is 5.69 Å². The summed E-state index contributed by atoms with van der Waals surface area (Å²) in [6.45, 7) is 5.68. The predicted molar refractivity (Wildman–Crippen MR) is 45.5 cm³/mol. The third-order valence-electron chi connectivity index (χ3n) is 1.35. The summed E-state index contributed by atoms with van der Waals surface area (Å²) in [4.78, 5) is 0. The Morgan fingerprint density at radius 3 is 3.00 bits per heavy atom. The van der Waals surface area contributed by atoms with E-state index in [1.165, 1.54) is 0 Å². The summed E-state index contributed by atoms with van der Waals surface area (Å²) in [5, 5.41) is 0. The molecule has 0 saturated carbocycles. The Hall–Kier alpha value is -1.24. The van der Waals surface area contributed by atoms with Crippen LogP contribution in [-0.2, 0) is 0 Å².